The van der Waals surface area contributed by atoms with Crippen molar-refractivity contribution in [3.63, 3.8) is 0 Å². The average molecular weight is 295 g/mol. The number of carbonyl (C=O) groups excluding carboxylic acids is 1. The summed E-state index contributed by atoms with van der Waals surface area (Å²) in [5.74, 6) is 0. The second kappa shape index (κ2) is 6.68. The molecular formula is C13H17N3OS2. The van der Waals surface area contributed by atoms with Gasteiger partial charge in [-0.15, -0.1) is 22.7 Å². The lowest BCUT2D eigenvalue weighted by atomic mass is 10.3. The zero-order valence-electron chi connectivity index (χ0n) is 11.0. The Morgan fingerprint density at radius 3 is 2.95 bits per heavy atom. The molecule has 0 atom stereocenters. The molecule has 0 unspecified atom stereocenters. The van der Waals surface area contributed by atoms with E-state index in [0.29, 0.717) is 13.1 Å². The number of urea groups is 1. The first-order valence-electron chi connectivity index (χ1n) is 6.07. The summed E-state index contributed by atoms with van der Waals surface area (Å²) in [4.78, 5) is 20.2. The lowest BCUT2D eigenvalue weighted by Crippen LogP contribution is -2.37. The number of aromatic nitrogens is 1. The van der Waals surface area contributed by atoms with Crippen LogP contribution in [0.2, 0.25) is 0 Å². The van der Waals surface area contributed by atoms with Crippen LogP contribution in [-0.2, 0) is 13.0 Å². The van der Waals surface area contributed by atoms with Crippen LogP contribution in [0.3, 0.4) is 0 Å². The molecule has 2 aromatic heterocycles. The summed E-state index contributed by atoms with van der Waals surface area (Å²) < 4.78 is 0. The first-order chi connectivity index (χ1) is 9.16. The quantitative estimate of drug-likeness (QED) is 0.922. The Morgan fingerprint density at radius 2 is 2.32 bits per heavy atom. The number of thiophene rings is 1. The van der Waals surface area contributed by atoms with Crippen LogP contribution < -0.4 is 5.32 Å². The van der Waals surface area contributed by atoms with Crippen LogP contribution in [-0.4, -0.2) is 29.5 Å². The van der Waals surface area contributed by atoms with Crippen molar-refractivity contribution < 1.29 is 4.79 Å². The summed E-state index contributed by atoms with van der Waals surface area (Å²) >= 11 is 3.30. The highest BCUT2D eigenvalue weighted by Gasteiger charge is 2.09. The number of hydrogen-bond acceptors (Lipinski definition) is 4. The van der Waals surface area contributed by atoms with Crippen LogP contribution in [0.1, 0.15) is 15.4 Å². The summed E-state index contributed by atoms with van der Waals surface area (Å²) in [7, 11) is 1.82. The van der Waals surface area contributed by atoms with Crippen LogP contribution >= 0.6 is 22.7 Å². The van der Waals surface area contributed by atoms with E-state index in [2.05, 4.69) is 10.3 Å². The molecule has 2 aromatic rings. The smallest absolute Gasteiger partial charge is 0.317 e. The number of carbonyl (C=O) groups is 1. The number of likely N-dealkylation sites (N-methyl/N-ethyl adjacent to an activating group) is 1. The van der Waals surface area contributed by atoms with E-state index < -0.39 is 0 Å². The van der Waals surface area contributed by atoms with Gasteiger partial charge >= 0.3 is 6.03 Å². The maximum absolute atomic E-state index is 11.9. The largest absolute Gasteiger partial charge is 0.333 e. The fourth-order valence-corrected chi connectivity index (χ4v) is 3.06. The van der Waals surface area contributed by atoms with Crippen LogP contribution in [0.5, 0.6) is 0 Å². The number of hydrogen-bond donors (Lipinski definition) is 1. The molecule has 0 spiro atoms. The van der Waals surface area contributed by atoms with Gasteiger partial charge in [0.25, 0.3) is 0 Å². The SMILES string of the molecule is Cc1ncsc1CCN(C)C(=O)NCc1cccs1. The zero-order valence-corrected chi connectivity index (χ0v) is 12.7. The van der Waals surface area contributed by atoms with Crippen LogP contribution in [0, 0.1) is 6.92 Å². The summed E-state index contributed by atoms with van der Waals surface area (Å²) in [5, 5.41) is 4.93. The minimum atomic E-state index is -0.0319. The van der Waals surface area contributed by atoms with E-state index in [9.17, 15) is 4.79 Å². The highest BCUT2D eigenvalue weighted by molar-refractivity contribution is 7.10. The van der Waals surface area contributed by atoms with Crippen LogP contribution in [0.4, 0.5) is 4.79 Å². The molecular weight excluding hydrogens is 278 g/mol. The predicted molar refractivity (Wildman–Crippen MR) is 79.7 cm³/mol. The van der Waals surface area contributed by atoms with Gasteiger partial charge in [0.15, 0.2) is 0 Å². The molecule has 0 radical (unpaired) electrons. The summed E-state index contributed by atoms with van der Waals surface area (Å²) in [5.41, 5.74) is 2.92. The van der Waals surface area contributed by atoms with Gasteiger partial charge in [-0.1, -0.05) is 6.07 Å². The number of nitrogens with one attached hydrogen (secondary N) is 1. The van der Waals surface area contributed by atoms with Gasteiger partial charge in [0.05, 0.1) is 17.7 Å². The van der Waals surface area contributed by atoms with Crippen molar-refractivity contribution in [1.82, 2.24) is 15.2 Å². The van der Waals surface area contributed by atoms with Crippen molar-refractivity contribution in [1.29, 1.82) is 0 Å². The predicted octanol–water partition coefficient (Wildman–Crippen LogP) is 2.90. The molecule has 0 aromatic carbocycles. The van der Waals surface area contributed by atoms with Crippen LogP contribution in [0.25, 0.3) is 0 Å². The lowest BCUT2D eigenvalue weighted by molar-refractivity contribution is 0.209. The van der Waals surface area contributed by atoms with Gasteiger partial charge in [-0.3, -0.25) is 0 Å². The van der Waals surface area contributed by atoms with E-state index in [4.69, 9.17) is 0 Å². The van der Waals surface area contributed by atoms with Crippen molar-refractivity contribution in [2.45, 2.75) is 19.9 Å². The molecule has 0 aliphatic carbocycles. The highest BCUT2D eigenvalue weighted by atomic mass is 32.1. The number of thiazole rings is 1. The average Bonchev–Trinajstić information content (AvgIpc) is 3.04. The Labute approximate surface area is 121 Å². The fraction of sp³-hybridized carbons (Fsp3) is 0.385. The minimum absolute atomic E-state index is 0.0319. The third-order valence-corrected chi connectivity index (χ3v) is 4.73. The molecule has 19 heavy (non-hydrogen) atoms. The number of rotatable bonds is 5. The molecule has 2 heterocycles. The Bertz CT molecular complexity index is 522. The molecule has 0 aliphatic heterocycles. The van der Waals surface area contributed by atoms with Gasteiger partial charge in [-0.05, 0) is 18.4 Å². The Morgan fingerprint density at radius 1 is 1.47 bits per heavy atom. The second-order valence-electron chi connectivity index (χ2n) is 4.27. The van der Waals surface area contributed by atoms with E-state index in [1.54, 1.807) is 27.6 Å². The summed E-state index contributed by atoms with van der Waals surface area (Å²) in [6.45, 7) is 3.31. The Kier molecular flexibility index (Phi) is 4.93. The van der Waals surface area contributed by atoms with Gasteiger partial charge in [-0.2, -0.15) is 0 Å². The van der Waals surface area contributed by atoms with Crippen molar-refractivity contribution in [2.24, 2.45) is 0 Å². The highest BCUT2D eigenvalue weighted by Crippen LogP contribution is 2.13. The number of nitrogens with zero attached hydrogens (tertiary/aromatic N) is 2. The summed E-state index contributed by atoms with van der Waals surface area (Å²) in [6.07, 6.45) is 0.861. The molecule has 102 valence electrons. The number of amides is 2. The van der Waals surface area contributed by atoms with Gasteiger partial charge < -0.3 is 10.2 Å². The Hall–Kier alpha value is -1.40. The molecule has 0 saturated heterocycles. The lowest BCUT2D eigenvalue weighted by Gasteiger charge is -2.17. The molecule has 0 fully saturated rings. The van der Waals surface area contributed by atoms with E-state index in [0.717, 1.165) is 12.1 Å². The zero-order chi connectivity index (χ0) is 13.7. The van der Waals surface area contributed by atoms with Gasteiger partial charge in [-0.25, -0.2) is 9.78 Å². The molecule has 0 aliphatic rings. The topological polar surface area (TPSA) is 45.2 Å². The maximum atomic E-state index is 11.9. The molecule has 0 saturated carbocycles. The normalized spacial score (nSPS) is 10.4. The van der Waals surface area contributed by atoms with Crippen molar-refractivity contribution in [3.8, 4) is 0 Å². The van der Waals surface area contributed by atoms with Crippen molar-refractivity contribution in [3.05, 3.63) is 38.5 Å². The van der Waals surface area contributed by atoms with Crippen molar-refractivity contribution in [2.75, 3.05) is 13.6 Å². The van der Waals surface area contributed by atoms with E-state index in [1.807, 2.05) is 37.0 Å². The van der Waals surface area contributed by atoms with Crippen LogP contribution in [0.15, 0.2) is 23.0 Å². The minimum Gasteiger partial charge on any atom is -0.333 e. The molecule has 1 N–H and O–H groups in total. The molecule has 2 rings (SSSR count). The molecule has 4 nitrogen and oxygen atoms in total. The summed E-state index contributed by atoms with van der Waals surface area (Å²) in [6, 6.07) is 3.98. The molecule has 0 bridgehead atoms. The monoisotopic (exact) mass is 295 g/mol. The first-order valence-corrected chi connectivity index (χ1v) is 7.83. The van der Waals surface area contributed by atoms with E-state index in [-0.39, 0.29) is 6.03 Å². The fourth-order valence-electron chi connectivity index (χ4n) is 1.65. The molecule has 6 heteroatoms. The van der Waals surface area contributed by atoms with E-state index in [1.165, 1.54) is 9.75 Å². The van der Waals surface area contributed by atoms with Gasteiger partial charge in [0.2, 0.25) is 0 Å². The van der Waals surface area contributed by atoms with E-state index >= 15 is 0 Å². The van der Waals surface area contributed by atoms with Gasteiger partial charge in [0.1, 0.15) is 0 Å². The van der Waals surface area contributed by atoms with Gasteiger partial charge in [0, 0.05) is 29.8 Å². The third kappa shape index (κ3) is 4.04. The maximum Gasteiger partial charge on any atom is 0.317 e. The molecule has 2 amide bonds. The third-order valence-electron chi connectivity index (χ3n) is 2.86. The van der Waals surface area contributed by atoms with Crippen molar-refractivity contribution >= 4 is 28.7 Å². The Balaban J connectivity index is 1.75. The second-order valence-corrected chi connectivity index (χ2v) is 6.24. The number of aryl methyl sites for hydroxylation is 1. The standard InChI is InChI=1S/C13H17N3OS2/c1-10-12(19-9-15-10)5-6-16(2)13(17)14-8-11-4-3-7-18-11/h3-4,7,9H,5-6,8H2,1-2H3,(H,14,17). The first kappa shape index (κ1) is 14.0.